The monoisotopic (exact) mass is 352 g/mol. The number of carbonyl (C=O) groups is 1. The lowest BCUT2D eigenvalue weighted by molar-refractivity contribution is 0.0919. The van der Waals surface area contributed by atoms with E-state index in [1.54, 1.807) is 24.3 Å². The molecule has 1 saturated heterocycles. The first kappa shape index (κ1) is 16.4. The molecular formula is C17H18Cl2N2O2. The van der Waals surface area contributed by atoms with E-state index < -0.39 is 0 Å². The highest BCUT2D eigenvalue weighted by Crippen LogP contribution is 2.21. The van der Waals surface area contributed by atoms with E-state index >= 15 is 0 Å². The number of hydrogen-bond donors (Lipinski definition) is 1. The topological polar surface area (TPSA) is 45.5 Å². The number of carbonyl (C=O) groups excluding carboxylic acids is 1. The smallest absolute Gasteiger partial charge is 0.287 e. The molecule has 6 heteroatoms. The standard InChI is InChI=1S/C17H18Cl2N2O2/c18-13-4-3-12(15(19)9-13)10-20-17(22)16-6-5-14(23-16)11-21-7-1-2-8-21/h3-6,9H,1-2,7-8,10-11H2,(H,20,22). The number of likely N-dealkylation sites (tertiary alicyclic amines) is 1. The van der Waals surface area contributed by atoms with Crippen LogP contribution in [0, 0.1) is 0 Å². The van der Waals surface area contributed by atoms with Gasteiger partial charge in [-0.05, 0) is 55.8 Å². The lowest BCUT2D eigenvalue weighted by atomic mass is 10.2. The van der Waals surface area contributed by atoms with Gasteiger partial charge in [-0.15, -0.1) is 0 Å². The Hall–Kier alpha value is -1.49. The fourth-order valence-electron chi connectivity index (χ4n) is 2.67. The van der Waals surface area contributed by atoms with E-state index in [2.05, 4.69) is 10.2 Å². The Morgan fingerprint density at radius 3 is 2.70 bits per heavy atom. The fourth-order valence-corrected chi connectivity index (χ4v) is 3.15. The van der Waals surface area contributed by atoms with E-state index in [9.17, 15) is 4.79 Å². The molecule has 0 saturated carbocycles. The van der Waals surface area contributed by atoms with Crippen molar-refractivity contribution in [2.45, 2.75) is 25.9 Å². The van der Waals surface area contributed by atoms with Gasteiger partial charge in [0.05, 0.1) is 6.54 Å². The van der Waals surface area contributed by atoms with Gasteiger partial charge >= 0.3 is 0 Å². The molecule has 2 heterocycles. The van der Waals surface area contributed by atoms with Crippen LogP contribution in [0.1, 0.15) is 34.7 Å². The van der Waals surface area contributed by atoms with Crippen LogP contribution in [0.2, 0.25) is 10.0 Å². The maximum absolute atomic E-state index is 12.2. The van der Waals surface area contributed by atoms with Crippen molar-refractivity contribution in [2.75, 3.05) is 13.1 Å². The molecular weight excluding hydrogens is 335 g/mol. The number of nitrogens with one attached hydrogen (secondary N) is 1. The molecule has 23 heavy (non-hydrogen) atoms. The average molecular weight is 353 g/mol. The summed E-state index contributed by atoms with van der Waals surface area (Å²) in [5.74, 6) is 0.898. The molecule has 0 unspecified atom stereocenters. The SMILES string of the molecule is O=C(NCc1ccc(Cl)cc1Cl)c1ccc(CN2CCCC2)o1. The third-order valence-corrected chi connectivity index (χ3v) is 4.51. The second kappa shape index (κ2) is 7.39. The first-order chi connectivity index (χ1) is 11.1. The molecule has 3 rings (SSSR count). The molecule has 2 aromatic rings. The summed E-state index contributed by atoms with van der Waals surface area (Å²) in [6, 6.07) is 8.78. The number of halogens is 2. The van der Waals surface area contributed by atoms with Crippen LogP contribution in [0.4, 0.5) is 0 Å². The van der Waals surface area contributed by atoms with Crippen molar-refractivity contribution in [3.63, 3.8) is 0 Å². The van der Waals surface area contributed by atoms with Gasteiger partial charge in [0, 0.05) is 16.6 Å². The summed E-state index contributed by atoms with van der Waals surface area (Å²) < 4.78 is 5.64. The van der Waals surface area contributed by atoms with Crippen molar-refractivity contribution in [3.05, 3.63) is 57.5 Å². The Balaban J connectivity index is 1.56. The normalized spacial score (nSPS) is 15.0. The molecule has 4 nitrogen and oxygen atoms in total. The van der Waals surface area contributed by atoms with E-state index in [0.717, 1.165) is 31.0 Å². The van der Waals surface area contributed by atoms with E-state index in [1.807, 2.05) is 6.07 Å². The molecule has 1 aliphatic rings. The zero-order valence-corrected chi connectivity index (χ0v) is 14.2. The molecule has 1 aliphatic heterocycles. The van der Waals surface area contributed by atoms with Crippen LogP contribution in [0.15, 0.2) is 34.7 Å². The Bertz CT molecular complexity index is 694. The van der Waals surface area contributed by atoms with Gasteiger partial charge in [0.1, 0.15) is 5.76 Å². The summed E-state index contributed by atoms with van der Waals surface area (Å²) in [5, 5.41) is 3.91. The van der Waals surface area contributed by atoms with Gasteiger partial charge in [0.2, 0.25) is 0 Å². The molecule has 1 aromatic heterocycles. The van der Waals surface area contributed by atoms with Gasteiger partial charge in [-0.3, -0.25) is 9.69 Å². The lowest BCUT2D eigenvalue weighted by Gasteiger charge is -2.11. The maximum Gasteiger partial charge on any atom is 0.287 e. The minimum absolute atomic E-state index is 0.247. The van der Waals surface area contributed by atoms with Crippen LogP contribution in [0.5, 0.6) is 0 Å². The molecule has 1 amide bonds. The van der Waals surface area contributed by atoms with Gasteiger partial charge in [-0.2, -0.15) is 0 Å². The molecule has 0 aliphatic carbocycles. The zero-order chi connectivity index (χ0) is 16.2. The highest BCUT2D eigenvalue weighted by molar-refractivity contribution is 6.35. The summed E-state index contributed by atoms with van der Waals surface area (Å²) in [6.07, 6.45) is 2.46. The maximum atomic E-state index is 12.2. The predicted octanol–water partition coefficient (Wildman–Crippen LogP) is 4.11. The van der Waals surface area contributed by atoms with Crippen LogP contribution in [0.3, 0.4) is 0 Å². The summed E-state index contributed by atoms with van der Waals surface area (Å²) in [6.45, 7) is 3.28. The molecule has 1 N–H and O–H groups in total. The number of hydrogen-bond acceptors (Lipinski definition) is 3. The third-order valence-electron chi connectivity index (χ3n) is 3.92. The summed E-state index contributed by atoms with van der Waals surface area (Å²) in [4.78, 5) is 14.5. The Morgan fingerprint density at radius 2 is 1.96 bits per heavy atom. The van der Waals surface area contributed by atoms with E-state index in [1.165, 1.54) is 12.8 Å². The third kappa shape index (κ3) is 4.28. The van der Waals surface area contributed by atoms with Crippen LogP contribution < -0.4 is 5.32 Å². The van der Waals surface area contributed by atoms with Crippen molar-refractivity contribution in [2.24, 2.45) is 0 Å². The molecule has 1 aromatic carbocycles. The largest absolute Gasteiger partial charge is 0.455 e. The van der Waals surface area contributed by atoms with Crippen molar-refractivity contribution < 1.29 is 9.21 Å². The minimum atomic E-state index is -0.247. The molecule has 0 bridgehead atoms. The number of nitrogens with zero attached hydrogens (tertiary/aromatic N) is 1. The average Bonchev–Trinajstić information content (AvgIpc) is 3.18. The minimum Gasteiger partial charge on any atom is -0.455 e. The van der Waals surface area contributed by atoms with E-state index in [-0.39, 0.29) is 5.91 Å². The highest BCUT2D eigenvalue weighted by atomic mass is 35.5. The molecule has 122 valence electrons. The van der Waals surface area contributed by atoms with Crippen LogP contribution in [-0.4, -0.2) is 23.9 Å². The summed E-state index contributed by atoms with van der Waals surface area (Å²) in [7, 11) is 0. The lowest BCUT2D eigenvalue weighted by Crippen LogP contribution is -2.22. The molecule has 0 spiro atoms. The van der Waals surface area contributed by atoms with Crippen LogP contribution in [0.25, 0.3) is 0 Å². The number of amides is 1. The van der Waals surface area contributed by atoms with Crippen molar-refractivity contribution >= 4 is 29.1 Å². The summed E-state index contributed by atoms with van der Waals surface area (Å²) >= 11 is 12.0. The van der Waals surface area contributed by atoms with Gasteiger partial charge < -0.3 is 9.73 Å². The zero-order valence-electron chi connectivity index (χ0n) is 12.6. The number of furan rings is 1. The van der Waals surface area contributed by atoms with Crippen molar-refractivity contribution in [3.8, 4) is 0 Å². The van der Waals surface area contributed by atoms with Gasteiger partial charge in [-0.1, -0.05) is 29.3 Å². The molecule has 1 fully saturated rings. The molecule has 0 atom stereocenters. The quantitative estimate of drug-likeness (QED) is 0.880. The Morgan fingerprint density at radius 1 is 1.17 bits per heavy atom. The molecule has 0 radical (unpaired) electrons. The van der Waals surface area contributed by atoms with Gasteiger partial charge in [-0.25, -0.2) is 0 Å². The second-order valence-corrected chi connectivity index (χ2v) is 6.51. The second-order valence-electron chi connectivity index (χ2n) is 5.67. The Labute approximate surface area is 145 Å². The van der Waals surface area contributed by atoms with Gasteiger partial charge in [0.25, 0.3) is 5.91 Å². The van der Waals surface area contributed by atoms with E-state index in [4.69, 9.17) is 27.6 Å². The number of benzene rings is 1. The van der Waals surface area contributed by atoms with E-state index in [0.29, 0.717) is 22.4 Å². The first-order valence-electron chi connectivity index (χ1n) is 7.65. The highest BCUT2D eigenvalue weighted by Gasteiger charge is 2.16. The fraction of sp³-hybridized carbons (Fsp3) is 0.353. The van der Waals surface area contributed by atoms with Gasteiger partial charge in [0.15, 0.2) is 5.76 Å². The first-order valence-corrected chi connectivity index (χ1v) is 8.40. The van der Waals surface area contributed by atoms with Crippen molar-refractivity contribution in [1.82, 2.24) is 10.2 Å². The van der Waals surface area contributed by atoms with Crippen molar-refractivity contribution in [1.29, 1.82) is 0 Å². The Kier molecular flexibility index (Phi) is 5.26. The van der Waals surface area contributed by atoms with Crippen LogP contribution in [-0.2, 0) is 13.1 Å². The number of rotatable bonds is 5. The predicted molar refractivity (Wildman–Crippen MR) is 90.9 cm³/mol. The summed E-state index contributed by atoms with van der Waals surface area (Å²) in [5.41, 5.74) is 0.813. The van der Waals surface area contributed by atoms with Crippen LogP contribution >= 0.6 is 23.2 Å².